The third-order valence-corrected chi connectivity index (χ3v) is 7.58. The summed E-state index contributed by atoms with van der Waals surface area (Å²) in [6, 6.07) is 8.04. The van der Waals surface area contributed by atoms with Crippen molar-refractivity contribution >= 4 is 17.7 Å². The topological polar surface area (TPSA) is 108 Å². The van der Waals surface area contributed by atoms with Crippen LogP contribution in [0.4, 0.5) is 0 Å². The van der Waals surface area contributed by atoms with Gasteiger partial charge in [0.1, 0.15) is 11.6 Å². The third kappa shape index (κ3) is 2.99. The molecule has 31 heavy (non-hydrogen) atoms. The number of likely N-dealkylation sites (tertiary alicyclic amines) is 1. The number of nitrogens with zero attached hydrogens (tertiary/aromatic N) is 1. The van der Waals surface area contributed by atoms with E-state index in [1.807, 2.05) is 44.2 Å². The highest BCUT2D eigenvalue weighted by Gasteiger charge is 2.80. The number of nitrogens with one attached hydrogen (secondary N) is 2. The zero-order chi connectivity index (χ0) is 22.6. The van der Waals surface area contributed by atoms with Crippen LogP contribution in [-0.2, 0) is 25.7 Å². The van der Waals surface area contributed by atoms with Crippen molar-refractivity contribution in [2.75, 3.05) is 13.7 Å². The van der Waals surface area contributed by atoms with Crippen LogP contribution in [0.15, 0.2) is 30.3 Å². The molecule has 0 aromatic heterocycles. The van der Waals surface area contributed by atoms with Gasteiger partial charge in [-0.05, 0) is 31.7 Å². The van der Waals surface area contributed by atoms with Crippen LogP contribution in [0.3, 0.4) is 0 Å². The summed E-state index contributed by atoms with van der Waals surface area (Å²) in [6.07, 6.45) is 0.505. The van der Waals surface area contributed by atoms with E-state index in [0.29, 0.717) is 13.0 Å². The summed E-state index contributed by atoms with van der Waals surface area (Å²) in [5.74, 6) is -2.33. The average molecular weight is 430 g/mol. The van der Waals surface area contributed by atoms with Crippen LogP contribution < -0.4 is 10.6 Å². The van der Waals surface area contributed by atoms with Gasteiger partial charge in [0, 0.05) is 13.6 Å². The van der Waals surface area contributed by atoms with E-state index in [2.05, 4.69) is 10.6 Å². The lowest BCUT2D eigenvalue weighted by atomic mass is 9.62. The van der Waals surface area contributed by atoms with Crippen molar-refractivity contribution in [1.82, 2.24) is 15.5 Å². The molecule has 0 radical (unpaired) electrons. The Morgan fingerprint density at radius 3 is 2.58 bits per heavy atom. The largest absolute Gasteiger partial charge is 0.394 e. The number of fused-ring (bicyclic) bond motifs is 1. The molecule has 3 aliphatic heterocycles. The first-order valence-corrected chi connectivity index (χ1v) is 10.9. The van der Waals surface area contributed by atoms with Crippen molar-refractivity contribution < 1.29 is 24.2 Å². The number of hydrogen-bond donors (Lipinski definition) is 3. The first-order valence-electron chi connectivity index (χ1n) is 10.9. The van der Waals surface area contributed by atoms with Crippen LogP contribution >= 0.6 is 0 Å². The second kappa shape index (κ2) is 7.60. The molecule has 3 saturated heterocycles. The Labute approximate surface area is 182 Å². The number of rotatable bonds is 6. The summed E-state index contributed by atoms with van der Waals surface area (Å²) in [5, 5.41) is 15.5. The molecular weight excluding hydrogens is 398 g/mol. The highest BCUT2D eigenvalue weighted by atomic mass is 16.5. The van der Waals surface area contributed by atoms with E-state index in [9.17, 15) is 19.5 Å². The molecule has 168 valence electrons. The molecule has 3 heterocycles. The fraction of sp³-hybridized carbons (Fsp3) is 0.609. The molecule has 3 unspecified atom stereocenters. The predicted molar refractivity (Wildman–Crippen MR) is 113 cm³/mol. The van der Waals surface area contributed by atoms with Crippen molar-refractivity contribution in [2.24, 2.45) is 17.8 Å². The van der Waals surface area contributed by atoms with Crippen molar-refractivity contribution in [3.8, 4) is 0 Å². The van der Waals surface area contributed by atoms with Gasteiger partial charge in [0.25, 0.3) is 0 Å². The molecule has 3 aliphatic rings. The fourth-order valence-corrected chi connectivity index (χ4v) is 5.98. The number of carbonyl (C=O) groups is 3. The van der Waals surface area contributed by atoms with Crippen LogP contribution in [-0.4, -0.2) is 64.7 Å². The molecule has 0 aliphatic carbocycles. The van der Waals surface area contributed by atoms with Crippen LogP contribution in [0.5, 0.6) is 0 Å². The monoisotopic (exact) mass is 429 g/mol. The van der Waals surface area contributed by atoms with Crippen molar-refractivity contribution in [3.05, 3.63) is 35.9 Å². The van der Waals surface area contributed by atoms with E-state index in [1.54, 1.807) is 14.0 Å². The number of amides is 3. The zero-order valence-corrected chi connectivity index (χ0v) is 18.4. The number of aliphatic hydroxyl groups excluding tert-OH is 1. The predicted octanol–water partition coefficient (Wildman–Crippen LogP) is 0.440. The van der Waals surface area contributed by atoms with Gasteiger partial charge in [-0.3, -0.25) is 14.4 Å². The molecule has 8 heteroatoms. The van der Waals surface area contributed by atoms with E-state index < -0.39 is 35.1 Å². The lowest BCUT2D eigenvalue weighted by molar-refractivity contribution is -0.150. The Morgan fingerprint density at radius 2 is 1.97 bits per heavy atom. The van der Waals surface area contributed by atoms with Crippen molar-refractivity contribution in [1.29, 1.82) is 0 Å². The SMILES string of the molecule is CNC(=O)[C@@H]1[C@H]2C(=O)N([C@H](C)CO)C(C(=O)NCc3ccccc3)C23CC(C)[C@@]1(C)O3. The minimum absolute atomic E-state index is 0.00680. The normalized spacial score (nSPS) is 36.9. The van der Waals surface area contributed by atoms with E-state index >= 15 is 0 Å². The fourth-order valence-electron chi connectivity index (χ4n) is 5.98. The molecule has 3 N–H and O–H groups in total. The maximum atomic E-state index is 13.6. The number of aliphatic hydroxyl groups is 1. The van der Waals surface area contributed by atoms with Gasteiger partial charge in [0.2, 0.25) is 17.7 Å². The second-order valence-corrected chi connectivity index (χ2v) is 9.30. The Morgan fingerprint density at radius 1 is 1.29 bits per heavy atom. The quantitative estimate of drug-likeness (QED) is 0.608. The molecule has 4 rings (SSSR count). The van der Waals surface area contributed by atoms with Crippen molar-refractivity contribution in [3.63, 3.8) is 0 Å². The van der Waals surface area contributed by atoms with Gasteiger partial charge in [0.15, 0.2) is 0 Å². The first kappa shape index (κ1) is 21.8. The number of benzene rings is 1. The Bertz CT molecular complexity index is 892. The van der Waals surface area contributed by atoms with Crippen LogP contribution in [0.25, 0.3) is 0 Å². The Hall–Kier alpha value is -2.45. The van der Waals surface area contributed by atoms with Crippen LogP contribution in [0.2, 0.25) is 0 Å². The summed E-state index contributed by atoms with van der Waals surface area (Å²) in [4.78, 5) is 41.4. The van der Waals surface area contributed by atoms with Crippen LogP contribution in [0.1, 0.15) is 32.8 Å². The molecule has 3 fully saturated rings. The summed E-state index contributed by atoms with van der Waals surface area (Å²) in [5.41, 5.74) is -0.976. The Balaban J connectivity index is 1.73. The molecule has 3 amide bonds. The molecule has 8 nitrogen and oxygen atoms in total. The van der Waals surface area contributed by atoms with E-state index in [-0.39, 0.29) is 30.2 Å². The molecule has 0 saturated carbocycles. The summed E-state index contributed by atoms with van der Waals surface area (Å²) < 4.78 is 6.53. The van der Waals surface area contributed by atoms with Gasteiger partial charge < -0.3 is 25.4 Å². The van der Waals surface area contributed by atoms with Gasteiger partial charge in [-0.1, -0.05) is 37.3 Å². The zero-order valence-electron chi connectivity index (χ0n) is 18.4. The van der Waals surface area contributed by atoms with Gasteiger partial charge in [-0.15, -0.1) is 0 Å². The number of ether oxygens (including phenoxy) is 1. The van der Waals surface area contributed by atoms with Crippen LogP contribution in [0, 0.1) is 17.8 Å². The summed E-state index contributed by atoms with van der Waals surface area (Å²) >= 11 is 0. The van der Waals surface area contributed by atoms with Gasteiger partial charge in [-0.25, -0.2) is 0 Å². The standard InChI is InChI=1S/C23H31N3O5/c1-13-10-23-17(16(19(28)24-4)22(13,3)31-23)21(30)26(14(2)12-27)18(23)20(29)25-11-15-8-6-5-7-9-15/h5-9,13-14,16-18,27H,10-12H2,1-4H3,(H,24,28)(H,25,29)/t13?,14-,16+,17+,18?,22-,23?/m1/s1. The first-order chi connectivity index (χ1) is 14.7. The molecule has 1 aromatic rings. The smallest absolute Gasteiger partial charge is 0.246 e. The number of hydrogen-bond acceptors (Lipinski definition) is 5. The lowest BCUT2D eigenvalue weighted by Gasteiger charge is -2.36. The third-order valence-electron chi connectivity index (χ3n) is 7.58. The molecule has 1 spiro atoms. The number of carbonyl (C=O) groups excluding carboxylic acids is 3. The Kier molecular flexibility index (Phi) is 5.34. The second-order valence-electron chi connectivity index (χ2n) is 9.30. The minimum atomic E-state index is -1.09. The van der Waals surface area contributed by atoms with Gasteiger partial charge >= 0.3 is 0 Å². The summed E-state index contributed by atoms with van der Waals surface area (Å²) in [7, 11) is 1.55. The maximum Gasteiger partial charge on any atom is 0.246 e. The summed E-state index contributed by atoms with van der Waals surface area (Å²) in [6.45, 7) is 5.62. The molecule has 1 aromatic carbocycles. The van der Waals surface area contributed by atoms with Gasteiger partial charge in [-0.2, -0.15) is 0 Å². The van der Waals surface area contributed by atoms with E-state index in [4.69, 9.17) is 4.74 Å². The average Bonchev–Trinajstić information content (AvgIpc) is 3.28. The van der Waals surface area contributed by atoms with E-state index in [1.165, 1.54) is 4.90 Å². The highest BCUT2D eigenvalue weighted by molar-refractivity contribution is 5.99. The van der Waals surface area contributed by atoms with E-state index in [0.717, 1.165) is 5.56 Å². The highest BCUT2D eigenvalue weighted by Crippen LogP contribution is 2.65. The minimum Gasteiger partial charge on any atom is -0.394 e. The maximum absolute atomic E-state index is 13.6. The van der Waals surface area contributed by atoms with Crippen molar-refractivity contribution in [2.45, 2.75) is 57.0 Å². The van der Waals surface area contributed by atoms with Gasteiger partial charge in [0.05, 0.1) is 30.1 Å². The molecule has 2 bridgehead atoms. The lowest BCUT2D eigenvalue weighted by Crippen LogP contribution is -2.57. The molecular formula is C23H31N3O5. The molecule has 7 atom stereocenters.